The largest absolute Gasteiger partial charge is 0.497 e. The number of benzene rings is 1. The van der Waals surface area contributed by atoms with Crippen LogP contribution in [0.1, 0.15) is 55.7 Å². The number of methoxy groups -OCH3 is 1. The fourth-order valence-electron chi connectivity index (χ4n) is 3.97. The van der Waals surface area contributed by atoms with Gasteiger partial charge in [0.2, 0.25) is 11.8 Å². The molecular formula is C23H32N4O4. The van der Waals surface area contributed by atoms with E-state index >= 15 is 0 Å². The molecule has 1 aliphatic rings. The topological polar surface area (TPSA) is 88.8 Å². The van der Waals surface area contributed by atoms with Crippen LogP contribution in [0.4, 0.5) is 0 Å². The third-order valence-electron chi connectivity index (χ3n) is 5.51. The van der Waals surface area contributed by atoms with E-state index in [4.69, 9.17) is 9.26 Å². The van der Waals surface area contributed by atoms with Crippen LogP contribution >= 0.6 is 0 Å². The Labute approximate surface area is 183 Å². The van der Waals surface area contributed by atoms with Gasteiger partial charge in [-0.2, -0.15) is 4.98 Å². The smallest absolute Gasteiger partial charge is 0.254 e. The van der Waals surface area contributed by atoms with Crippen LogP contribution < -0.4 is 4.74 Å². The van der Waals surface area contributed by atoms with Gasteiger partial charge >= 0.3 is 0 Å². The Kier molecular flexibility index (Phi) is 7.65. The molecule has 0 bridgehead atoms. The average molecular weight is 429 g/mol. The lowest BCUT2D eigenvalue weighted by Gasteiger charge is -2.39. The summed E-state index contributed by atoms with van der Waals surface area (Å²) in [5, 5.41) is 4.04. The van der Waals surface area contributed by atoms with Crippen molar-refractivity contribution in [2.45, 2.75) is 52.5 Å². The molecule has 1 fully saturated rings. The molecule has 2 heterocycles. The van der Waals surface area contributed by atoms with E-state index in [2.05, 4.69) is 24.0 Å². The predicted octanol–water partition coefficient (Wildman–Crippen LogP) is 2.97. The number of carbonyl (C=O) groups is 2. The summed E-state index contributed by atoms with van der Waals surface area (Å²) in [4.78, 5) is 33.5. The van der Waals surface area contributed by atoms with Gasteiger partial charge in [0.25, 0.3) is 5.91 Å². The highest BCUT2D eigenvalue weighted by Gasteiger charge is 2.30. The highest BCUT2D eigenvalue weighted by atomic mass is 16.5. The van der Waals surface area contributed by atoms with Gasteiger partial charge in [-0.3, -0.25) is 9.59 Å². The average Bonchev–Trinajstić information content (AvgIpc) is 3.20. The van der Waals surface area contributed by atoms with E-state index in [1.807, 2.05) is 21.9 Å². The molecule has 8 heteroatoms. The maximum Gasteiger partial charge on any atom is 0.254 e. The molecule has 0 N–H and O–H groups in total. The molecule has 0 aliphatic carbocycles. The van der Waals surface area contributed by atoms with Crippen molar-refractivity contribution in [3.05, 3.63) is 41.5 Å². The Balaban J connectivity index is 1.63. The number of amides is 2. The van der Waals surface area contributed by atoms with E-state index < -0.39 is 0 Å². The van der Waals surface area contributed by atoms with Gasteiger partial charge in [-0.05, 0) is 37.0 Å². The Morgan fingerprint density at radius 3 is 2.87 bits per heavy atom. The summed E-state index contributed by atoms with van der Waals surface area (Å²) in [5.41, 5.74) is 0.596. The van der Waals surface area contributed by atoms with E-state index in [1.54, 1.807) is 26.2 Å². The van der Waals surface area contributed by atoms with Crippen molar-refractivity contribution in [3.8, 4) is 5.75 Å². The van der Waals surface area contributed by atoms with Gasteiger partial charge in [-0.25, -0.2) is 0 Å². The number of hydrogen-bond acceptors (Lipinski definition) is 6. The van der Waals surface area contributed by atoms with Crippen molar-refractivity contribution in [2.24, 2.45) is 5.92 Å². The van der Waals surface area contributed by atoms with Crippen molar-refractivity contribution >= 4 is 11.8 Å². The van der Waals surface area contributed by atoms with Crippen LogP contribution in [0.2, 0.25) is 0 Å². The summed E-state index contributed by atoms with van der Waals surface area (Å²) < 4.78 is 10.5. The molecular weight excluding hydrogens is 396 g/mol. The zero-order valence-corrected chi connectivity index (χ0v) is 18.8. The molecule has 2 amide bonds. The summed E-state index contributed by atoms with van der Waals surface area (Å²) in [7, 11) is 1.58. The van der Waals surface area contributed by atoms with Crippen LogP contribution in [0.5, 0.6) is 5.75 Å². The lowest BCUT2D eigenvalue weighted by Crippen LogP contribution is -2.51. The Hall–Kier alpha value is -2.90. The molecule has 1 aromatic heterocycles. The van der Waals surface area contributed by atoms with Gasteiger partial charge < -0.3 is 19.1 Å². The molecule has 1 saturated heterocycles. The number of hydrogen-bond donors (Lipinski definition) is 0. The Bertz CT molecular complexity index is 895. The van der Waals surface area contributed by atoms with Crippen molar-refractivity contribution in [2.75, 3.05) is 26.7 Å². The third-order valence-corrected chi connectivity index (χ3v) is 5.51. The van der Waals surface area contributed by atoms with Crippen LogP contribution in [0, 0.1) is 5.92 Å². The fraction of sp³-hybridized carbons (Fsp3) is 0.565. The highest BCUT2D eigenvalue weighted by molar-refractivity contribution is 5.94. The first-order valence-electron chi connectivity index (χ1n) is 10.9. The van der Waals surface area contributed by atoms with E-state index in [1.165, 1.54) is 0 Å². The second-order valence-corrected chi connectivity index (χ2v) is 8.44. The molecule has 0 radical (unpaired) electrons. The maximum absolute atomic E-state index is 13.0. The monoisotopic (exact) mass is 428 g/mol. The van der Waals surface area contributed by atoms with E-state index in [-0.39, 0.29) is 17.9 Å². The molecule has 31 heavy (non-hydrogen) atoms. The number of likely N-dealkylation sites (tertiary alicyclic amines) is 1. The molecule has 0 saturated carbocycles. The fourth-order valence-corrected chi connectivity index (χ4v) is 3.97. The minimum absolute atomic E-state index is 0.00780. The lowest BCUT2D eigenvalue weighted by molar-refractivity contribution is -0.132. The zero-order valence-electron chi connectivity index (χ0n) is 18.8. The van der Waals surface area contributed by atoms with Gasteiger partial charge in [0, 0.05) is 51.0 Å². The summed E-state index contributed by atoms with van der Waals surface area (Å²) in [6.45, 7) is 7.47. The zero-order chi connectivity index (χ0) is 22.4. The van der Waals surface area contributed by atoms with E-state index in [9.17, 15) is 9.59 Å². The highest BCUT2D eigenvalue weighted by Crippen LogP contribution is 2.21. The van der Waals surface area contributed by atoms with Crippen LogP contribution in [0.3, 0.4) is 0 Å². The summed E-state index contributed by atoms with van der Waals surface area (Å²) in [6, 6.07) is 7.15. The molecule has 1 unspecified atom stereocenters. The first-order chi connectivity index (χ1) is 14.9. The number of nitrogens with zero attached hydrogens (tertiary/aromatic N) is 4. The summed E-state index contributed by atoms with van der Waals surface area (Å²) in [6.07, 6.45) is 2.99. The minimum atomic E-state index is -0.0383. The number of rotatable bonds is 8. The first-order valence-corrected chi connectivity index (χ1v) is 10.9. The quantitative estimate of drug-likeness (QED) is 0.642. The van der Waals surface area contributed by atoms with Crippen LogP contribution in [-0.4, -0.2) is 64.5 Å². The first kappa shape index (κ1) is 22.8. The maximum atomic E-state index is 13.0. The summed E-state index contributed by atoms with van der Waals surface area (Å²) >= 11 is 0. The molecule has 8 nitrogen and oxygen atoms in total. The van der Waals surface area contributed by atoms with Crippen molar-refractivity contribution in [3.63, 3.8) is 0 Å². The molecule has 168 valence electrons. The van der Waals surface area contributed by atoms with Gasteiger partial charge in [-0.1, -0.05) is 25.1 Å². The second kappa shape index (κ2) is 10.4. The van der Waals surface area contributed by atoms with Gasteiger partial charge in [0.05, 0.1) is 7.11 Å². The number of aromatic nitrogens is 2. The molecule has 0 spiro atoms. The Morgan fingerprint density at radius 1 is 1.35 bits per heavy atom. The van der Waals surface area contributed by atoms with Gasteiger partial charge in [0.1, 0.15) is 5.75 Å². The SMILES string of the molecule is COc1cccc(C(=O)N2CCCC(N(CCc3noc(CC(C)C)n3)C(C)=O)C2)c1. The summed E-state index contributed by atoms with van der Waals surface area (Å²) in [5.74, 6) is 2.29. The molecule has 1 atom stereocenters. The molecule has 3 rings (SSSR count). The van der Waals surface area contributed by atoms with Crippen molar-refractivity contribution in [1.29, 1.82) is 0 Å². The lowest BCUT2D eigenvalue weighted by atomic mass is 10.0. The number of ether oxygens (including phenoxy) is 1. The molecule has 1 aromatic carbocycles. The third kappa shape index (κ3) is 6.06. The van der Waals surface area contributed by atoms with Crippen LogP contribution in [0.25, 0.3) is 0 Å². The van der Waals surface area contributed by atoms with Crippen LogP contribution in [-0.2, 0) is 17.6 Å². The number of piperidine rings is 1. The molecule has 2 aromatic rings. The standard InChI is InChI=1S/C23H32N4O4/c1-16(2)13-22-24-21(25-31-22)10-12-27(17(3)28)19-8-6-11-26(15-19)23(29)18-7-5-9-20(14-18)30-4/h5,7,9,14,16,19H,6,8,10-13,15H2,1-4H3. The van der Waals surface area contributed by atoms with E-state index in [0.29, 0.717) is 55.0 Å². The van der Waals surface area contributed by atoms with Crippen molar-refractivity contribution in [1.82, 2.24) is 19.9 Å². The Morgan fingerprint density at radius 2 is 2.16 bits per heavy atom. The van der Waals surface area contributed by atoms with Crippen molar-refractivity contribution < 1.29 is 18.8 Å². The van der Waals surface area contributed by atoms with Gasteiger partial charge in [-0.15, -0.1) is 0 Å². The minimum Gasteiger partial charge on any atom is -0.497 e. The number of carbonyl (C=O) groups excluding carboxylic acids is 2. The molecule has 1 aliphatic heterocycles. The van der Waals surface area contributed by atoms with E-state index in [0.717, 1.165) is 19.3 Å². The normalized spacial score (nSPS) is 16.4. The second-order valence-electron chi connectivity index (χ2n) is 8.44. The van der Waals surface area contributed by atoms with Crippen LogP contribution in [0.15, 0.2) is 28.8 Å². The van der Waals surface area contributed by atoms with Gasteiger partial charge in [0.15, 0.2) is 5.82 Å². The predicted molar refractivity (Wildman–Crippen MR) is 116 cm³/mol.